The maximum atomic E-state index is 7.30. The second-order valence-corrected chi connectivity index (χ2v) is 4.21. The highest BCUT2D eigenvalue weighted by Crippen LogP contribution is 2.36. The number of hydrogen-bond donors (Lipinski definition) is 0. The molecule has 3 heteroatoms. The van der Waals surface area contributed by atoms with E-state index in [2.05, 4.69) is 0 Å². The lowest BCUT2D eigenvalue weighted by atomic mass is 9.88. The molecule has 74 valence electrons. The summed E-state index contributed by atoms with van der Waals surface area (Å²) >= 11 is 0. The van der Waals surface area contributed by atoms with Crippen LogP contribution >= 0.6 is 0 Å². The summed E-state index contributed by atoms with van der Waals surface area (Å²) in [5, 5.41) is 0. The lowest BCUT2D eigenvalue weighted by molar-refractivity contribution is 0.00578. The SMILES string of the molecule is [2H]C([2H])([2H])C(=CB1OC(C)(C)C(C)(C)O1)C([2H])([2H])[2H]. The minimum absolute atomic E-state index is 0.626. The molecule has 1 aliphatic heterocycles. The molecule has 1 aliphatic rings. The van der Waals surface area contributed by atoms with E-state index in [0.29, 0.717) is 0 Å². The van der Waals surface area contributed by atoms with Crippen LogP contribution in [0.2, 0.25) is 0 Å². The fourth-order valence-electron chi connectivity index (χ4n) is 1.09. The maximum absolute atomic E-state index is 7.30. The van der Waals surface area contributed by atoms with Crippen LogP contribution in [0.25, 0.3) is 0 Å². The smallest absolute Gasteiger partial charge is 0.400 e. The summed E-state index contributed by atoms with van der Waals surface area (Å²) in [7, 11) is -0.971. The zero-order valence-corrected chi connectivity index (χ0v) is 8.47. The van der Waals surface area contributed by atoms with Gasteiger partial charge < -0.3 is 9.31 Å². The summed E-state index contributed by atoms with van der Waals surface area (Å²) in [5.41, 5.74) is -1.90. The van der Waals surface area contributed by atoms with Gasteiger partial charge in [-0.15, -0.1) is 0 Å². The molecule has 0 amide bonds. The van der Waals surface area contributed by atoms with Gasteiger partial charge in [-0.05, 0) is 41.4 Å². The Balaban J connectivity index is 3.08. The first-order valence-corrected chi connectivity index (χ1v) is 4.25. The second kappa shape index (κ2) is 3.14. The maximum Gasteiger partial charge on any atom is 0.487 e. The molecule has 0 bridgehead atoms. The van der Waals surface area contributed by atoms with Gasteiger partial charge in [0.2, 0.25) is 0 Å². The monoisotopic (exact) mass is 188 g/mol. The highest BCUT2D eigenvalue weighted by atomic mass is 16.7. The minimum atomic E-state index is -2.70. The Morgan fingerprint density at radius 3 is 2.00 bits per heavy atom. The minimum Gasteiger partial charge on any atom is -0.400 e. The lowest BCUT2D eigenvalue weighted by Gasteiger charge is -2.32. The van der Waals surface area contributed by atoms with E-state index in [-0.39, 0.29) is 0 Å². The van der Waals surface area contributed by atoms with Gasteiger partial charge in [0.1, 0.15) is 0 Å². The average molecular weight is 188 g/mol. The molecule has 1 saturated heterocycles. The molecule has 1 heterocycles. The fraction of sp³-hybridized carbons (Fsp3) is 0.800. The molecule has 0 unspecified atom stereocenters. The van der Waals surface area contributed by atoms with E-state index in [4.69, 9.17) is 17.5 Å². The van der Waals surface area contributed by atoms with Crippen molar-refractivity contribution in [2.75, 3.05) is 0 Å². The summed E-state index contributed by atoms with van der Waals surface area (Å²) in [6, 6.07) is 0. The van der Waals surface area contributed by atoms with Gasteiger partial charge in [-0.1, -0.05) is 11.5 Å². The molecule has 0 N–H and O–H groups in total. The van der Waals surface area contributed by atoms with Crippen LogP contribution in [-0.4, -0.2) is 18.3 Å². The van der Waals surface area contributed by atoms with Crippen LogP contribution in [0.3, 0.4) is 0 Å². The van der Waals surface area contributed by atoms with Crippen molar-refractivity contribution >= 4 is 7.12 Å². The third kappa shape index (κ3) is 2.15. The Morgan fingerprint density at radius 1 is 1.15 bits per heavy atom. The largest absolute Gasteiger partial charge is 0.487 e. The molecule has 0 spiro atoms. The summed E-state index contributed by atoms with van der Waals surface area (Å²) in [4.78, 5) is 0. The van der Waals surface area contributed by atoms with E-state index >= 15 is 0 Å². The Labute approximate surface area is 89.9 Å². The predicted molar refractivity (Wildman–Crippen MR) is 55.5 cm³/mol. The Kier molecular flexibility index (Phi) is 1.21. The third-order valence-electron chi connectivity index (χ3n) is 2.57. The van der Waals surface area contributed by atoms with Gasteiger partial charge in [-0.25, -0.2) is 0 Å². The van der Waals surface area contributed by atoms with E-state index in [1.54, 1.807) is 0 Å². The Hall–Kier alpha value is -0.275. The molecule has 0 aliphatic carbocycles. The number of allylic oxidation sites excluding steroid dienone is 1. The zero-order valence-electron chi connectivity index (χ0n) is 14.5. The summed E-state index contributed by atoms with van der Waals surface area (Å²) in [6.07, 6.45) is 0. The van der Waals surface area contributed by atoms with Crippen molar-refractivity contribution in [3.63, 3.8) is 0 Å². The first-order valence-electron chi connectivity index (χ1n) is 7.25. The van der Waals surface area contributed by atoms with Gasteiger partial charge in [0.15, 0.2) is 0 Å². The summed E-state index contributed by atoms with van der Waals surface area (Å²) in [6.45, 7) is 1.84. The molecule has 13 heavy (non-hydrogen) atoms. The molecular formula is C10H19BO2. The molecule has 0 saturated carbocycles. The summed E-state index contributed by atoms with van der Waals surface area (Å²) in [5.74, 6) is 1.05. The molecule has 0 radical (unpaired) electrons. The van der Waals surface area contributed by atoms with Gasteiger partial charge in [-0.2, -0.15) is 0 Å². The molecular weight excluding hydrogens is 163 g/mol. The van der Waals surface area contributed by atoms with Crippen LogP contribution in [0.4, 0.5) is 0 Å². The molecule has 0 atom stereocenters. The van der Waals surface area contributed by atoms with Crippen LogP contribution in [0.15, 0.2) is 11.5 Å². The van der Waals surface area contributed by atoms with E-state index in [0.717, 1.165) is 5.98 Å². The van der Waals surface area contributed by atoms with Crippen LogP contribution < -0.4 is 0 Å². The lowest BCUT2D eigenvalue weighted by Crippen LogP contribution is -2.41. The molecule has 2 nitrogen and oxygen atoms in total. The van der Waals surface area contributed by atoms with E-state index < -0.39 is 37.6 Å². The van der Waals surface area contributed by atoms with E-state index in [9.17, 15) is 0 Å². The van der Waals surface area contributed by atoms with Gasteiger partial charge in [-0.3, -0.25) is 0 Å². The van der Waals surface area contributed by atoms with Crippen molar-refractivity contribution in [1.29, 1.82) is 0 Å². The van der Waals surface area contributed by atoms with Crippen LogP contribution in [0, 0.1) is 0 Å². The van der Waals surface area contributed by atoms with Gasteiger partial charge in [0.25, 0.3) is 0 Å². The highest BCUT2D eigenvalue weighted by molar-refractivity contribution is 6.51. The molecule has 0 aromatic carbocycles. The topological polar surface area (TPSA) is 18.5 Å². The number of rotatable bonds is 1. The van der Waals surface area contributed by atoms with Crippen molar-refractivity contribution in [2.45, 2.75) is 52.6 Å². The zero-order chi connectivity index (χ0) is 15.3. The molecule has 1 rings (SSSR count). The van der Waals surface area contributed by atoms with Gasteiger partial charge in [0.05, 0.1) is 11.2 Å². The Morgan fingerprint density at radius 2 is 1.62 bits per heavy atom. The first kappa shape index (κ1) is 4.99. The number of hydrogen-bond acceptors (Lipinski definition) is 2. The molecule has 1 fully saturated rings. The standard InChI is InChI=1S/C10H19BO2/c1-8(2)7-11-12-9(3,4)10(5,6)13-11/h7H,1-6H3/i1D3,2D3. The normalized spacial score (nSPS) is 33.4. The highest BCUT2D eigenvalue weighted by Gasteiger charge is 2.50. The van der Waals surface area contributed by atoms with Crippen LogP contribution in [-0.2, 0) is 9.31 Å². The van der Waals surface area contributed by atoms with Crippen molar-refractivity contribution in [3.8, 4) is 0 Å². The Bertz CT molecular complexity index is 350. The first-order chi connectivity index (χ1) is 8.17. The van der Waals surface area contributed by atoms with E-state index in [1.807, 2.05) is 27.7 Å². The van der Waals surface area contributed by atoms with E-state index in [1.165, 1.54) is 0 Å². The van der Waals surface area contributed by atoms with Crippen LogP contribution in [0.1, 0.15) is 49.6 Å². The van der Waals surface area contributed by atoms with Crippen molar-refractivity contribution in [2.24, 2.45) is 0 Å². The predicted octanol–water partition coefficient (Wildman–Crippen LogP) is 2.58. The average Bonchev–Trinajstić information content (AvgIpc) is 2.27. The quantitative estimate of drug-likeness (QED) is 0.589. The second-order valence-electron chi connectivity index (χ2n) is 4.21. The van der Waals surface area contributed by atoms with Crippen LogP contribution in [0.5, 0.6) is 0 Å². The third-order valence-corrected chi connectivity index (χ3v) is 2.57. The van der Waals surface area contributed by atoms with Crippen molar-refractivity contribution in [1.82, 2.24) is 0 Å². The summed E-state index contributed by atoms with van der Waals surface area (Å²) < 4.78 is 55.0. The molecule has 0 aromatic rings. The van der Waals surface area contributed by atoms with Gasteiger partial charge >= 0.3 is 7.12 Å². The molecule has 0 aromatic heterocycles. The van der Waals surface area contributed by atoms with Crippen molar-refractivity contribution < 1.29 is 17.5 Å². The fourth-order valence-corrected chi connectivity index (χ4v) is 1.09. The van der Waals surface area contributed by atoms with Crippen molar-refractivity contribution in [3.05, 3.63) is 11.5 Å². The van der Waals surface area contributed by atoms with Gasteiger partial charge in [0, 0.05) is 8.22 Å².